The topological polar surface area (TPSA) is 84.7 Å². The zero-order valence-electron chi connectivity index (χ0n) is 16.9. The van der Waals surface area contributed by atoms with E-state index in [2.05, 4.69) is 22.3 Å². The maximum atomic E-state index is 12.3. The summed E-state index contributed by atoms with van der Waals surface area (Å²) < 4.78 is 5.20. The summed E-state index contributed by atoms with van der Waals surface area (Å²) in [5, 5.41) is 13.7. The van der Waals surface area contributed by atoms with Gasteiger partial charge >= 0.3 is 0 Å². The normalized spacial score (nSPS) is 14.5. The average Bonchev–Trinajstić information content (AvgIpc) is 2.77. The fourth-order valence-electron chi connectivity index (χ4n) is 3.86. The first kappa shape index (κ1) is 20.6. The van der Waals surface area contributed by atoms with Crippen molar-refractivity contribution in [3.8, 4) is 5.75 Å². The molecule has 1 amide bonds. The first-order chi connectivity index (χ1) is 14.0. The number of nitrogens with one attached hydrogen (secondary N) is 1. The second-order valence-electron chi connectivity index (χ2n) is 7.35. The molecule has 1 fully saturated rings. The van der Waals surface area contributed by atoms with Gasteiger partial charge in [0, 0.05) is 32.3 Å². The minimum atomic E-state index is -0.471. The van der Waals surface area contributed by atoms with Crippen LogP contribution in [0.1, 0.15) is 35.2 Å². The number of benzene rings is 2. The van der Waals surface area contributed by atoms with Gasteiger partial charge in [0.2, 0.25) is 0 Å². The molecule has 154 valence electrons. The van der Waals surface area contributed by atoms with E-state index in [1.807, 2.05) is 12.1 Å². The molecule has 0 atom stereocenters. The predicted molar refractivity (Wildman–Crippen MR) is 113 cm³/mol. The molecule has 1 N–H and O–H groups in total. The molecule has 1 heterocycles. The van der Waals surface area contributed by atoms with Crippen LogP contribution in [0.5, 0.6) is 5.75 Å². The number of nitro groups is 1. The van der Waals surface area contributed by atoms with Crippen LogP contribution in [-0.2, 0) is 6.42 Å². The van der Waals surface area contributed by atoms with Gasteiger partial charge in [-0.25, -0.2) is 0 Å². The van der Waals surface area contributed by atoms with E-state index in [1.165, 1.54) is 24.7 Å². The maximum absolute atomic E-state index is 12.3. The van der Waals surface area contributed by atoms with Gasteiger partial charge in [-0.3, -0.25) is 14.9 Å². The number of carbonyl (C=O) groups is 1. The Balaban J connectivity index is 1.61. The van der Waals surface area contributed by atoms with Gasteiger partial charge in [0.25, 0.3) is 11.6 Å². The van der Waals surface area contributed by atoms with Gasteiger partial charge < -0.3 is 15.0 Å². The maximum Gasteiger partial charge on any atom is 0.270 e. The van der Waals surface area contributed by atoms with Crippen molar-refractivity contribution in [2.24, 2.45) is 5.92 Å². The lowest BCUT2D eigenvalue weighted by Crippen LogP contribution is -2.35. The quantitative estimate of drug-likeness (QED) is 0.567. The van der Waals surface area contributed by atoms with E-state index in [0.717, 1.165) is 50.2 Å². The highest BCUT2D eigenvalue weighted by atomic mass is 16.6. The lowest BCUT2D eigenvalue weighted by atomic mass is 9.90. The van der Waals surface area contributed by atoms with Crippen LogP contribution in [0.25, 0.3) is 0 Å². The Morgan fingerprint density at radius 3 is 2.48 bits per heavy atom. The summed E-state index contributed by atoms with van der Waals surface area (Å²) in [4.78, 5) is 25.0. The number of piperidine rings is 1. The Hall–Kier alpha value is -3.09. The van der Waals surface area contributed by atoms with Gasteiger partial charge in [-0.2, -0.15) is 0 Å². The number of methoxy groups -OCH3 is 1. The van der Waals surface area contributed by atoms with Crippen LogP contribution in [0, 0.1) is 16.0 Å². The molecule has 2 aromatic rings. The van der Waals surface area contributed by atoms with E-state index >= 15 is 0 Å². The number of nitrogens with zero attached hydrogens (tertiary/aromatic N) is 2. The van der Waals surface area contributed by atoms with Crippen LogP contribution in [-0.4, -0.2) is 38.1 Å². The largest absolute Gasteiger partial charge is 0.497 e. The molecular weight excluding hydrogens is 370 g/mol. The highest BCUT2D eigenvalue weighted by molar-refractivity contribution is 6.00. The van der Waals surface area contributed by atoms with Crippen molar-refractivity contribution in [2.75, 3.05) is 32.1 Å². The number of ether oxygens (including phenoxy) is 1. The van der Waals surface area contributed by atoms with Crippen molar-refractivity contribution in [1.29, 1.82) is 0 Å². The molecule has 7 nitrogen and oxygen atoms in total. The van der Waals surface area contributed by atoms with Crippen molar-refractivity contribution < 1.29 is 14.5 Å². The minimum Gasteiger partial charge on any atom is -0.497 e. The summed E-state index contributed by atoms with van der Waals surface area (Å²) in [6, 6.07) is 12.7. The van der Waals surface area contributed by atoms with Gasteiger partial charge in [0.05, 0.1) is 23.3 Å². The van der Waals surface area contributed by atoms with Crippen LogP contribution in [0.2, 0.25) is 0 Å². The van der Waals surface area contributed by atoms with E-state index in [0.29, 0.717) is 11.5 Å². The Morgan fingerprint density at radius 2 is 1.90 bits per heavy atom. The highest BCUT2D eigenvalue weighted by Crippen LogP contribution is 2.31. The van der Waals surface area contributed by atoms with Gasteiger partial charge in [-0.1, -0.05) is 12.1 Å². The van der Waals surface area contributed by atoms with E-state index < -0.39 is 4.92 Å². The first-order valence-corrected chi connectivity index (χ1v) is 9.90. The number of hydrogen-bond donors (Lipinski definition) is 1. The van der Waals surface area contributed by atoms with Gasteiger partial charge in [0.1, 0.15) is 5.75 Å². The fourth-order valence-corrected chi connectivity index (χ4v) is 3.86. The number of rotatable bonds is 7. The number of amides is 1. The van der Waals surface area contributed by atoms with Crippen molar-refractivity contribution >= 4 is 17.3 Å². The molecule has 0 spiro atoms. The molecular formula is C22H27N3O4. The third-order valence-electron chi connectivity index (χ3n) is 5.62. The van der Waals surface area contributed by atoms with Crippen molar-refractivity contribution in [3.05, 3.63) is 63.7 Å². The zero-order valence-corrected chi connectivity index (χ0v) is 16.9. The summed E-state index contributed by atoms with van der Waals surface area (Å²) >= 11 is 0. The Labute approximate surface area is 170 Å². The van der Waals surface area contributed by atoms with E-state index in [4.69, 9.17) is 4.74 Å². The van der Waals surface area contributed by atoms with Gasteiger partial charge in [0.15, 0.2) is 0 Å². The smallest absolute Gasteiger partial charge is 0.270 e. The summed E-state index contributed by atoms with van der Waals surface area (Å²) in [6.07, 6.45) is 4.25. The van der Waals surface area contributed by atoms with E-state index in [1.54, 1.807) is 13.2 Å². The van der Waals surface area contributed by atoms with Crippen LogP contribution < -0.4 is 15.0 Å². The first-order valence-electron chi connectivity index (χ1n) is 9.90. The molecule has 0 unspecified atom stereocenters. The number of nitro benzene ring substituents is 1. The van der Waals surface area contributed by atoms with Gasteiger partial charge in [-0.05, 0) is 55.4 Å². The van der Waals surface area contributed by atoms with Crippen LogP contribution in [0.4, 0.5) is 11.4 Å². The van der Waals surface area contributed by atoms with Crippen molar-refractivity contribution in [1.82, 2.24) is 5.32 Å². The summed E-state index contributed by atoms with van der Waals surface area (Å²) in [5.74, 6) is 1.21. The fraction of sp³-hybridized carbons (Fsp3) is 0.409. The van der Waals surface area contributed by atoms with Crippen LogP contribution >= 0.6 is 0 Å². The second kappa shape index (κ2) is 9.41. The number of anilines is 1. The molecule has 1 aliphatic rings. The minimum absolute atomic E-state index is 0.0678. The predicted octanol–water partition coefficient (Wildman–Crippen LogP) is 3.81. The zero-order chi connectivity index (χ0) is 20.8. The molecule has 0 radical (unpaired) electrons. The van der Waals surface area contributed by atoms with E-state index in [9.17, 15) is 14.9 Å². The van der Waals surface area contributed by atoms with Crippen molar-refractivity contribution in [2.45, 2.75) is 25.7 Å². The Bertz CT molecular complexity index is 859. The summed E-state index contributed by atoms with van der Waals surface area (Å²) in [6.45, 7) is 1.68. The molecule has 0 saturated carbocycles. The molecule has 0 aromatic heterocycles. The second-order valence-corrected chi connectivity index (χ2v) is 7.35. The van der Waals surface area contributed by atoms with Crippen LogP contribution in [0.15, 0.2) is 42.5 Å². The SMILES string of the molecule is CNC(=O)c1cc([N+](=O)[O-])ccc1N1CCC(CCc2ccc(OC)cc2)CC1. The lowest BCUT2D eigenvalue weighted by Gasteiger charge is -2.34. The third kappa shape index (κ3) is 5.04. The van der Waals surface area contributed by atoms with Gasteiger partial charge in [-0.15, -0.1) is 0 Å². The summed E-state index contributed by atoms with van der Waals surface area (Å²) in [5.41, 5.74) is 2.37. The standard InChI is InChI=1S/C22H27N3O4/c1-23-22(26)20-15-18(25(27)28)7-10-21(20)24-13-11-17(12-14-24)4-3-16-5-8-19(29-2)9-6-16/h5-10,15,17H,3-4,11-14H2,1-2H3,(H,23,26). The number of carbonyl (C=O) groups excluding carboxylic acids is 1. The van der Waals surface area contributed by atoms with E-state index in [-0.39, 0.29) is 11.6 Å². The molecule has 0 aliphatic carbocycles. The molecule has 29 heavy (non-hydrogen) atoms. The highest BCUT2D eigenvalue weighted by Gasteiger charge is 2.24. The third-order valence-corrected chi connectivity index (χ3v) is 5.62. The number of hydrogen-bond acceptors (Lipinski definition) is 5. The van der Waals surface area contributed by atoms with Crippen LogP contribution in [0.3, 0.4) is 0 Å². The number of non-ortho nitro benzene ring substituents is 1. The van der Waals surface area contributed by atoms with Crippen molar-refractivity contribution in [3.63, 3.8) is 0 Å². The molecule has 3 rings (SSSR count). The molecule has 1 aliphatic heterocycles. The molecule has 0 bridgehead atoms. The average molecular weight is 397 g/mol. The Morgan fingerprint density at radius 1 is 1.21 bits per heavy atom. The number of aryl methyl sites for hydroxylation is 1. The molecule has 1 saturated heterocycles. The molecule has 2 aromatic carbocycles. The summed E-state index contributed by atoms with van der Waals surface area (Å²) in [7, 11) is 3.21. The monoisotopic (exact) mass is 397 g/mol. The lowest BCUT2D eigenvalue weighted by molar-refractivity contribution is -0.384. The Kier molecular flexibility index (Phi) is 6.69. The molecule has 7 heteroatoms.